The van der Waals surface area contributed by atoms with Gasteiger partial charge in [-0.15, -0.1) is 0 Å². The SMILES string of the molecule is CCCCCCCCCCCCNCCC.[Na]. The van der Waals surface area contributed by atoms with E-state index in [-0.39, 0.29) is 29.6 Å². The third-order valence-corrected chi connectivity index (χ3v) is 3.13. The van der Waals surface area contributed by atoms with Crippen LogP contribution >= 0.6 is 0 Å². The van der Waals surface area contributed by atoms with Gasteiger partial charge in [0.25, 0.3) is 0 Å². The van der Waals surface area contributed by atoms with Crippen LogP contribution in [-0.4, -0.2) is 42.6 Å². The fraction of sp³-hybridized carbons (Fsp3) is 1.00. The molecule has 0 heterocycles. The normalized spacial score (nSPS) is 10.2. The van der Waals surface area contributed by atoms with Crippen molar-refractivity contribution in [3.8, 4) is 0 Å². The molecule has 1 radical (unpaired) electrons. The van der Waals surface area contributed by atoms with E-state index in [4.69, 9.17) is 0 Å². The summed E-state index contributed by atoms with van der Waals surface area (Å²) in [5, 5.41) is 3.46. The van der Waals surface area contributed by atoms with Crippen molar-refractivity contribution in [1.29, 1.82) is 0 Å². The Labute approximate surface area is 132 Å². The molecule has 0 saturated carbocycles. The molecule has 0 bridgehead atoms. The monoisotopic (exact) mass is 250 g/mol. The summed E-state index contributed by atoms with van der Waals surface area (Å²) in [6.07, 6.45) is 15.6. The van der Waals surface area contributed by atoms with E-state index in [0.717, 1.165) is 0 Å². The Morgan fingerprint density at radius 2 is 1.00 bits per heavy atom. The van der Waals surface area contributed by atoms with Crippen LogP contribution in [0.3, 0.4) is 0 Å². The molecular weight excluding hydrogens is 217 g/mol. The summed E-state index contributed by atoms with van der Waals surface area (Å²) in [6, 6.07) is 0. The molecular formula is C15H33NNa. The van der Waals surface area contributed by atoms with E-state index in [9.17, 15) is 0 Å². The summed E-state index contributed by atoms with van der Waals surface area (Å²) in [7, 11) is 0. The second-order valence-electron chi connectivity index (χ2n) is 4.93. The molecule has 0 atom stereocenters. The smallest absolute Gasteiger partial charge is 0 e. The Kier molecular flexibility index (Phi) is 23.0. The quantitative estimate of drug-likeness (QED) is 0.374. The second kappa shape index (κ2) is 19.3. The summed E-state index contributed by atoms with van der Waals surface area (Å²) in [4.78, 5) is 0. The molecule has 1 N–H and O–H groups in total. The van der Waals surface area contributed by atoms with Crippen LogP contribution in [0.4, 0.5) is 0 Å². The van der Waals surface area contributed by atoms with E-state index >= 15 is 0 Å². The zero-order valence-corrected chi connectivity index (χ0v) is 14.7. The van der Waals surface area contributed by atoms with Crippen molar-refractivity contribution in [2.24, 2.45) is 0 Å². The summed E-state index contributed by atoms with van der Waals surface area (Å²) in [5.74, 6) is 0. The Bertz CT molecular complexity index is 103. The molecule has 2 heteroatoms. The predicted molar refractivity (Wildman–Crippen MR) is 80.8 cm³/mol. The molecule has 1 nitrogen and oxygen atoms in total. The van der Waals surface area contributed by atoms with Gasteiger partial charge in [0.15, 0.2) is 0 Å². The minimum absolute atomic E-state index is 0. The van der Waals surface area contributed by atoms with Gasteiger partial charge in [-0.2, -0.15) is 0 Å². The number of rotatable bonds is 13. The van der Waals surface area contributed by atoms with Crippen molar-refractivity contribution >= 4 is 29.6 Å². The summed E-state index contributed by atoms with van der Waals surface area (Å²) < 4.78 is 0. The Morgan fingerprint density at radius 3 is 1.47 bits per heavy atom. The van der Waals surface area contributed by atoms with E-state index in [2.05, 4.69) is 19.2 Å². The number of hydrogen-bond donors (Lipinski definition) is 1. The van der Waals surface area contributed by atoms with Gasteiger partial charge in [-0.25, -0.2) is 0 Å². The van der Waals surface area contributed by atoms with Crippen molar-refractivity contribution in [2.45, 2.75) is 84.5 Å². The van der Waals surface area contributed by atoms with Crippen LogP contribution in [-0.2, 0) is 0 Å². The summed E-state index contributed by atoms with van der Waals surface area (Å²) in [5.41, 5.74) is 0. The third kappa shape index (κ3) is 19.5. The molecule has 0 saturated heterocycles. The number of nitrogens with one attached hydrogen (secondary N) is 1. The van der Waals surface area contributed by atoms with Crippen molar-refractivity contribution < 1.29 is 0 Å². The van der Waals surface area contributed by atoms with Gasteiger partial charge < -0.3 is 5.32 Å². The van der Waals surface area contributed by atoms with Crippen molar-refractivity contribution in [3.63, 3.8) is 0 Å². The average molecular weight is 250 g/mol. The summed E-state index contributed by atoms with van der Waals surface area (Å²) >= 11 is 0. The number of hydrogen-bond acceptors (Lipinski definition) is 1. The Morgan fingerprint density at radius 1 is 0.529 bits per heavy atom. The molecule has 17 heavy (non-hydrogen) atoms. The molecule has 0 aliphatic carbocycles. The maximum absolute atomic E-state index is 3.46. The minimum atomic E-state index is 0. The topological polar surface area (TPSA) is 12.0 Å². The maximum Gasteiger partial charge on any atom is 0 e. The molecule has 0 fully saturated rings. The number of unbranched alkanes of at least 4 members (excludes halogenated alkanes) is 9. The van der Waals surface area contributed by atoms with Crippen LogP contribution in [0.25, 0.3) is 0 Å². The van der Waals surface area contributed by atoms with Crippen molar-refractivity contribution in [3.05, 3.63) is 0 Å². The molecule has 0 unspecified atom stereocenters. The van der Waals surface area contributed by atoms with Crippen LogP contribution in [0.5, 0.6) is 0 Å². The van der Waals surface area contributed by atoms with Gasteiger partial charge in [0.2, 0.25) is 0 Å². The van der Waals surface area contributed by atoms with Crippen LogP contribution < -0.4 is 5.32 Å². The van der Waals surface area contributed by atoms with Crippen LogP contribution in [0, 0.1) is 0 Å². The average Bonchev–Trinajstić information content (AvgIpc) is 2.31. The minimum Gasteiger partial charge on any atom is -0.317 e. The van der Waals surface area contributed by atoms with Gasteiger partial charge in [-0.3, -0.25) is 0 Å². The molecule has 0 spiro atoms. The molecule has 0 aromatic rings. The molecule has 0 aromatic heterocycles. The molecule has 99 valence electrons. The van der Waals surface area contributed by atoms with Crippen LogP contribution in [0.1, 0.15) is 84.5 Å². The van der Waals surface area contributed by atoms with E-state index in [1.54, 1.807) is 0 Å². The van der Waals surface area contributed by atoms with Crippen molar-refractivity contribution in [2.75, 3.05) is 13.1 Å². The first-order chi connectivity index (χ1) is 7.91. The van der Waals surface area contributed by atoms with Crippen LogP contribution in [0.2, 0.25) is 0 Å². The van der Waals surface area contributed by atoms with E-state index in [1.807, 2.05) is 0 Å². The zero-order chi connectivity index (χ0) is 11.9. The molecule has 0 aliphatic heterocycles. The van der Waals surface area contributed by atoms with E-state index in [1.165, 1.54) is 83.7 Å². The zero-order valence-electron chi connectivity index (χ0n) is 12.7. The molecule has 0 amide bonds. The first kappa shape index (κ1) is 20.3. The van der Waals surface area contributed by atoms with Gasteiger partial charge in [0.1, 0.15) is 0 Å². The Hall–Kier alpha value is 0.960. The van der Waals surface area contributed by atoms with Crippen molar-refractivity contribution in [1.82, 2.24) is 5.32 Å². The molecule has 0 aliphatic rings. The van der Waals surface area contributed by atoms with Gasteiger partial charge in [0, 0.05) is 29.6 Å². The van der Waals surface area contributed by atoms with E-state index < -0.39 is 0 Å². The Balaban J connectivity index is 0. The van der Waals surface area contributed by atoms with Crippen LogP contribution in [0.15, 0.2) is 0 Å². The molecule has 0 rings (SSSR count). The second-order valence-corrected chi connectivity index (χ2v) is 4.93. The third-order valence-electron chi connectivity index (χ3n) is 3.13. The van der Waals surface area contributed by atoms with E-state index in [0.29, 0.717) is 0 Å². The maximum atomic E-state index is 3.46. The van der Waals surface area contributed by atoms with Gasteiger partial charge in [-0.1, -0.05) is 71.6 Å². The fourth-order valence-corrected chi connectivity index (χ4v) is 2.04. The van der Waals surface area contributed by atoms with Gasteiger partial charge in [0.05, 0.1) is 0 Å². The predicted octanol–water partition coefficient (Wildman–Crippen LogP) is 4.53. The first-order valence-electron chi connectivity index (χ1n) is 7.62. The van der Waals surface area contributed by atoms with Gasteiger partial charge >= 0.3 is 0 Å². The summed E-state index contributed by atoms with van der Waals surface area (Å²) in [6.45, 7) is 6.93. The molecule has 0 aromatic carbocycles. The first-order valence-corrected chi connectivity index (χ1v) is 7.62. The van der Waals surface area contributed by atoms with Gasteiger partial charge in [-0.05, 0) is 25.9 Å². The fourth-order valence-electron chi connectivity index (χ4n) is 2.04. The standard InChI is InChI=1S/C15H33N.Na/c1-3-5-6-7-8-9-10-11-12-13-15-16-14-4-2;/h16H,3-15H2,1-2H3;. The largest absolute Gasteiger partial charge is 0.317 e.